The van der Waals surface area contributed by atoms with Crippen LogP contribution in [0, 0.1) is 0 Å². The van der Waals surface area contributed by atoms with Gasteiger partial charge in [-0.3, -0.25) is 0 Å². The number of carbonyl (C=O) groups is 1. The topological polar surface area (TPSA) is 80.9 Å². The average molecular weight is 267 g/mol. The Morgan fingerprint density at radius 3 is 2.89 bits per heavy atom. The van der Waals surface area contributed by atoms with Crippen LogP contribution in [0.5, 0.6) is 0 Å². The Labute approximate surface area is 108 Å². The van der Waals surface area contributed by atoms with E-state index in [0.29, 0.717) is 5.69 Å². The van der Waals surface area contributed by atoms with E-state index in [1.807, 2.05) is 6.92 Å². The molecular formula is C11H11ClN4O2. The summed E-state index contributed by atoms with van der Waals surface area (Å²) in [5.41, 5.74) is 0.712. The number of hydrogen-bond acceptors (Lipinski definition) is 4. The fourth-order valence-corrected chi connectivity index (χ4v) is 1.85. The van der Waals surface area contributed by atoms with Crippen LogP contribution < -0.4 is 0 Å². The smallest absolute Gasteiger partial charge is 0.337 e. The van der Waals surface area contributed by atoms with Gasteiger partial charge in [-0.25, -0.2) is 4.79 Å². The summed E-state index contributed by atoms with van der Waals surface area (Å²) in [6, 6.07) is 4.61. The molecule has 1 aromatic heterocycles. The van der Waals surface area contributed by atoms with Crippen molar-refractivity contribution in [1.29, 1.82) is 0 Å². The van der Waals surface area contributed by atoms with Crippen molar-refractivity contribution in [2.75, 3.05) is 0 Å². The third-order valence-corrected chi connectivity index (χ3v) is 2.75. The first-order valence-electron chi connectivity index (χ1n) is 5.44. The van der Waals surface area contributed by atoms with Gasteiger partial charge in [0.25, 0.3) is 0 Å². The van der Waals surface area contributed by atoms with Crippen LogP contribution in [0.3, 0.4) is 0 Å². The average Bonchev–Trinajstić information content (AvgIpc) is 2.77. The van der Waals surface area contributed by atoms with Crippen LogP contribution in [0.15, 0.2) is 18.2 Å². The molecule has 0 atom stereocenters. The molecule has 0 aliphatic heterocycles. The highest BCUT2D eigenvalue weighted by Crippen LogP contribution is 2.20. The summed E-state index contributed by atoms with van der Waals surface area (Å²) in [5, 5.41) is 20.4. The Balaban J connectivity index is 2.42. The lowest BCUT2D eigenvalue weighted by Crippen LogP contribution is -2.05. The van der Waals surface area contributed by atoms with Crippen LogP contribution in [0.2, 0.25) is 5.02 Å². The lowest BCUT2D eigenvalue weighted by molar-refractivity contribution is 0.0697. The molecular weight excluding hydrogens is 256 g/mol. The molecule has 0 spiro atoms. The first-order chi connectivity index (χ1) is 8.63. The van der Waals surface area contributed by atoms with Crippen molar-refractivity contribution in [2.24, 2.45) is 0 Å². The molecule has 2 aromatic rings. The number of aryl methyl sites for hydroxylation is 1. The van der Waals surface area contributed by atoms with Crippen molar-refractivity contribution in [1.82, 2.24) is 20.2 Å². The van der Waals surface area contributed by atoms with Gasteiger partial charge in [0.05, 0.1) is 16.3 Å². The molecule has 0 radical (unpaired) electrons. The van der Waals surface area contributed by atoms with E-state index >= 15 is 0 Å². The normalized spacial score (nSPS) is 10.6. The molecule has 1 heterocycles. The zero-order valence-corrected chi connectivity index (χ0v) is 10.4. The lowest BCUT2D eigenvalue weighted by Gasteiger charge is -2.05. The van der Waals surface area contributed by atoms with E-state index < -0.39 is 5.97 Å². The Kier molecular flexibility index (Phi) is 3.57. The molecule has 0 saturated heterocycles. The molecule has 0 unspecified atom stereocenters. The van der Waals surface area contributed by atoms with E-state index in [4.69, 9.17) is 16.7 Å². The summed E-state index contributed by atoms with van der Waals surface area (Å²) in [7, 11) is 0. The standard InChI is InChI=1S/C11H11ClN4O2/c1-2-3-10-13-14-15-16(10)7-4-5-8(11(17)18)9(12)6-7/h4-6H,2-3H2,1H3,(H,17,18). The first kappa shape index (κ1) is 12.5. The minimum Gasteiger partial charge on any atom is -0.478 e. The van der Waals surface area contributed by atoms with Gasteiger partial charge in [-0.2, -0.15) is 4.68 Å². The van der Waals surface area contributed by atoms with Crippen LogP contribution >= 0.6 is 11.6 Å². The lowest BCUT2D eigenvalue weighted by atomic mass is 10.2. The van der Waals surface area contributed by atoms with Crippen molar-refractivity contribution in [3.63, 3.8) is 0 Å². The number of benzene rings is 1. The fraction of sp³-hybridized carbons (Fsp3) is 0.273. The van der Waals surface area contributed by atoms with Gasteiger partial charge in [0, 0.05) is 6.42 Å². The van der Waals surface area contributed by atoms with Gasteiger partial charge in [0.2, 0.25) is 0 Å². The van der Waals surface area contributed by atoms with Gasteiger partial charge in [-0.1, -0.05) is 18.5 Å². The summed E-state index contributed by atoms with van der Waals surface area (Å²) in [6.45, 7) is 2.03. The summed E-state index contributed by atoms with van der Waals surface area (Å²) in [4.78, 5) is 10.9. The molecule has 2 rings (SSSR count). The number of carboxylic acid groups (broad SMARTS) is 1. The molecule has 0 aliphatic carbocycles. The van der Waals surface area contributed by atoms with Gasteiger partial charge in [-0.05, 0) is 35.0 Å². The van der Waals surface area contributed by atoms with Crippen molar-refractivity contribution in [3.05, 3.63) is 34.6 Å². The van der Waals surface area contributed by atoms with Gasteiger partial charge >= 0.3 is 5.97 Å². The molecule has 0 amide bonds. The number of hydrogen-bond donors (Lipinski definition) is 1. The second kappa shape index (κ2) is 5.14. The summed E-state index contributed by atoms with van der Waals surface area (Å²) < 4.78 is 1.56. The molecule has 6 nitrogen and oxygen atoms in total. The summed E-state index contributed by atoms with van der Waals surface area (Å²) >= 11 is 5.91. The first-order valence-corrected chi connectivity index (χ1v) is 5.81. The molecule has 0 fully saturated rings. The third-order valence-electron chi connectivity index (χ3n) is 2.44. The fourth-order valence-electron chi connectivity index (χ4n) is 1.59. The number of nitrogens with zero attached hydrogens (tertiary/aromatic N) is 4. The second-order valence-corrected chi connectivity index (χ2v) is 4.13. The Hall–Kier alpha value is -1.95. The SMILES string of the molecule is CCCc1nnnn1-c1ccc(C(=O)O)c(Cl)c1. The van der Waals surface area contributed by atoms with Crippen LogP contribution in [0.4, 0.5) is 0 Å². The number of tetrazole rings is 1. The van der Waals surface area contributed by atoms with Crippen molar-refractivity contribution in [3.8, 4) is 5.69 Å². The third kappa shape index (κ3) is 2.33. The number of aromatic carboxylic acids is 1. The predicted octanol–water partition coefficient (Wildman–Crippen LogP) is 1.97. The van der Waals surface area contributed by atoms with Gasteiger partial charge < -0.3 is 5.11 Å². The molecule has 1 N–H and O–H groups in total. The monoisotopic (exact) mass is 266 g/mol. The molecule has 0 bridgehead atoms. The van der Waals surface area contributed by atoms with Gasteiger partial charge in [-0.15, -0.1) is 5.10 Å². The van der Waals surface area contributed by atoms with Crippen molar-refractivity contribution < 1.29 is 9.90 Å². The quantitative estimate of drug-likeness (QED) is 0.915. The second-order valence-electron chi connectivity index (χ2n) is 3.73. The van der Waals surface area contributed by atoms with Gasteiger partial charge in [0.1, 0.15) is 0 Å². The van der Waals surface area contributed by atoms with Crippen LogP contribution in [0.1, 0.15) is 29.5 Å². The Morgan fingerprint density at radius 2 is 2.28 bits per heavy atom. The highest BCUT2D eigenvalue weighted by Gasteiger charge is 2.12. The number of carboxylic acids is 1. The minimum atomic E-state index is -1.06. The number of aromatic nitrogens is 4. The summed E-state index contributed by atoms with van der Waals surface area (Å²) in [5.74, 6) is -0.339. The number of halogens is 1. The summed E-state index contributed by atoms with van der Waals surface area (Å²) in [6.07, 6.45) is 1.66. The van der Waals surface area contributed by atoms with Crippen molar-refractivity contribution >= 4 is 17.6 Å². The highest BCUT2D eigenvalue weighted by atomic mass is 35.5. The van der Waals surface area contributed by atoms with E-state index in [1.165, 1.54) is 6.07 Å². The van der Waals surface area contributed by atoms with Gasteiger partial charge in [0.15, 0.2) is 5.82 Å². The number of rotatable bonds is 4. The Morgan fingerprint density at radius 1 is 1.50 bits per heavy atom. The largest absolute Gasteiger partial charge is 0.478 e. The zero-order valence-electron chi connectivity index (χ0n) is 9.67. The molecule has 1 aromatic carbocycles. The maximum absolute atomic E-state index is 10.9. The molecule has 7 heteroatoms. The van der Waals surface area contributed by atoms with Crippen LogP contribution in [0.25, 0.3) is 5.69 Å². The molecule has 18 heavy (non-hydrogen) atoms. The molecule has 0 saturated carbocycles. The molecule has 0 aliphatic rings. The predicted molar refractivity (Wildman–Crippen MR) is 65.1 cm³/mol. The van der Waals surface area contributed by atoms with Crippen molar-refractivity contribution in [2.45, 2.75) is 19.8 Å². The zero-order chi connectivity index (χ0) is 13.1. The van der Waals surface area contributed by atoms with E-state index in [-0.39, 0.29) is 10.6 Å². The molecule has 94 valence electrons. The van der Waals surface area contributed by atoms with E-state index in [9.17, 15) is 4.79 Å². The minimum absolute atomic E-state index is 0.0607. The van der Waals surface area contributed by atoms with E-state index in [1.54, 1.807) is 16.8 Å². The highest BCUT2D eigenvalue weighted by molar-refractivity contribution is 6.33. The van der Waals surface area contributed by atoms with E-state index in [2.05, 4.69) is 15.5 Å². The Bertz CT molecular complexity index is 582. The maximum atomic E-state index is 10.9. The van der Waals surface area contributed by atoms with Crippen LogP contribution in [-0.4, -0.2) is 31.3 Å². The van der Waals surface area contributed by atoms with Crippen LogP contribution in [-0.2, 0) is 6.42 Å². The van der Waals surface area contributed by atoms with E-state index in [0.717, 1.165) is 18.7 Å². The maximum Gasteiger partial charge on any atom is 0.337 e.